The highest BCUT2D eigenvalue weighted by atomic mass is 32.2. The van der Waals surface area contributed by atoms with Crippen LogP contribution < -0.4 is 9.80 Å². The molecule has 1 fully saturated rings. The lowest BCUT2D eigenvalue weighted by molar-refractivity contribution is -0.137. The molecule has 1 amide bonds. The summed E-state index contributed by atoms with van der Waals surface area (Å²) in [6, 6.07) is 5.49. The first-order valence-electron chi connectivity index (χ1n) is 10.0. The predicted octanol–water partition coefficient (Wildman–Crippen LogP) is 4.63. The smallest absolute Gasteiger partial charge is 0.341 e. The highest BCUT2D eigenvalue weighted by Crippen LogP contribution is 2.42. The molecule has 3 heterocycles. The number of aromatic nitrogens is 2. The molecular formula is C21H23F3N4OS. The van der Waals surface area contributed by atoms with Crippen molar-refractivity contribution in [2.24, 2.45) is 5.92 Å². The maximum atomic E-state index is 13.4. The Bertz CT molecular complexity index is 901. The van der Waals surface area contributed by atoms with Crippen LogP contribution in [0.15, 0.2) is 41.6 Å². The second-order valence-corrected chi connectivity index (χ2v) is 9.18. The molecule has 2 aromatic rings. The standard InChI is InChI=1S/C21H23F3N4OS/c1-14-5-12-28(17-13-16(21(22,23)24)3-4-18(17)30-14)19(29)15-6-10-27(11-7-15)20-25-8-2-9-26-20/h2-4,8-9,13-15H,5-7,10-12H2,1H3. The van der Waals surface area contributed by atoms with Gasteiger partial charge in [-0.2, -0.15) is 13.2 Å². The minimum atomic E-state index is -4.44. The van der Waals surface area contributed by atoms with Crippen molar-refractivity contribution in [2.75, 3.05) is 29.4 Å². The van der Waals surface area contributed by atoms with Gasteiger partial charge >= 0.3 is 6.18 Å². The Morgan fingerprint density at radius 1 is 1.10 bits per heavy atom. The van der Waals surface area contributed by atoms with Crippen molar-refractivity contribution >= 4 is 29.3 Å². The zero-order chi connectivity index (χ0) is 21.3. The SMILES string of the molecule is CC1CCN(C(=O)C2CCN(c3ncccn3)CC2)c2cc(C(F)(F)F)ccc2S1. The number of benzene rings is 1. The summed E-state index contributed by atoms with van der Waals surface area (Å²) in [4.78, 5) is 26.2. The number of alkyl halides is 3. The molecule has 0 saturated carbocycles. The summed E-state index contributed by atoms with van der Waals surface area (Å²) in [5.74, 6) is 0.341. The lowest BCUT2D eigenvalue weighted by Gasteiger charge is -2.34. The number of fused-ring (bicyclic) bond motifs is 1. The van der Waals surface area contributed by atoms with E-state index in [0.717, 1.165) is 23.4 Å². The molecule has 5 nitrogen and oxygen atoms in total. The molecular weight excluding hydrogens is 413 g/mol. The first-order valence-corrected chi connectivity index (χ1v) is 10.9. The quantitative estimate of drug-likeness (QED) is 0.687. The fraction of sp³-hybridized carbons (Fsp3) is 0.476. The van der Waals surface area contributed by atoms with E-state index in [9.17, 15) is 18.0 Å². The Hall–Kier alpha value is -2.29. The van der Waals surface area contributed by atoms with E-state index in [1.54, 1.807) is 23.4 Å². The van der Waals surface area contributed by atoms with E-state index < -0.39 is 11.7 Å². The predicted molar refractivity (Wildman–Crippen MR) is 111 cm³/mol. The molecule has 1 unspecified atom stereocenters. The van der Waals surface area contributed by atoms with Gasteiger partial charge in [0.25, 0.3) is 0 Å². The summed E-state index contributed by atoms with van der Waals surface area (Å²) in [5, 5.41) is 0.232. The Balaban J connectivity index is 1.54. The van der Waals surface area contributed by atoms with Gasteiger partial charge in [-0.1, -0.05) is 6.92 Å². The monoisotopic (exact) mass is 436 g/mol. The van der Waals surface area contributed by atoms with Crippen molar-refractivity contribution in [2.45, 2.75) is 42.5 Å². The number of amides is 1. The highest BCUT2D eigenvalue weighted by molar-refractivity contribution is 8.00. The maximum absolute atomic E-state index is 13.4. The molecule has 9 heteroatoms. The van der Waals surface area contributed by atoms with Crippen LogP contribution in [-0.2, 0) is 11.0 Å². The van der Waals surface area contributed by atoms with Crippen LogP contribution in [0.2, 0.25) is 0 Å². The maximum Gasteiger partial charge on any atom is 0.416 e. The normalized spacial score (nSPS) is 20.6. The minimum Gasteiger partial charge on any atom is -0.341 e. The Morgan fingerprint density at radius 3 is 2.47 bits per heavy atom. The van der Waals surface area contributed by atoms with Crippen molar-refractivity contribution in [3.05, 3.63) is 42.2 Å². The first kappa shape index (κ1) is 21.0. The van der Waals surface area contributed by atoms with Gasteiger partial charge in [-0.05, 0) is 43.5 Å². The molecule has 0 aliphatic carbocycles. The van der Waals surface area contributed by atoms with Gasteiger partial charge in [0.2, 0.25) is 11.9 Å². The topological polar surface area (TPSA) is 49.3 Å². The van der Waals surface area contributed by atoms with Gasteiger partial charge in [-0.15, -0.1) is 11.8 Å². The molecule has 160 valence electrons. The Kier molecular flexibility index (Phi) is 5.90. The van der Waals surface area contributed by atoms with Gasteiger partial charge < -0.3 is 9.80 Å². The van der Waals surface area contributed by atoms with Crippen LogP contribution in [0.25, 0.3) is 0 Å². The van der Waals surface area contributed by atoms with Crippen molar-refractivity contribution in [1.82, 2.24) is 9.97 Å². The summed E-state index contributed by atoms with van der Waals surface area (Å²) in [6.45, 7) is 3.77. The molecule has 0 N–H and O–H groups in total. The van der Waals surface area contributed by atoms with Crippen molar-refractivity contribution in [3.8, 4) is 0 Å². The number of thioether (sulfide) groups is 1. The van der Waals surface area contributed by atoms with Crippen LogP contribution in [0.4, 0.5) is 24.8 Å². The number of nitrogens with zero attached hydrogens (tertiary/aromatic N) is 4. The molecule has 0 radical (unpaired) electrons. The number of hydrogen-bond donors (Lipinski definition) is 0. The van der Waals surface area contributed by atoms with Crippen LogP contribution in [0, 0.1) is 5.92 Å². The van der Waals surface area contributed by atoms with Crippen molar-refractivity contribution in [1.29, 1.82) is 0 Å². The Labute approximate surface area is 177 Å². The highest BCUT2D eigenvalue weighted by Gasteiger charge is 2.36. The van der Waals surface area contributed by atoms with Gasteiger partial charge in [0.15, 0.2) is 0 Å². The molecule has 0 bridgehead atoms. The number of hydrogen-bond acceptors (Lipinski definition) is 5. The van der Waals surface area contributed by atoms with Crippen LogP contribution in [0.5, 0.6) is 0 Å². The number of anilines is 2. The molecule has 4 rings (SSSR count). The number of piperidine rings is 1. The summed E-state index contributed by atoms with van der Waals surface area (Å²) in [6.07, 6.45) is 0.932. The molecule has 2 aliphatic rings. The fourth-order valence-corrected chi connectivity index (χ4v) is 5.03. The summed E-state index contributed by atoms with van der Waals surface area (Å²) >= 11 is 1.53. The van der Waals surface area contributed by atoms with Crippen molar-refractivity contribution < 1.29 is 18.0 Å². The molecule has 1 aromatic carbocycles. The molecule has 2 aliphatic heterocycles. The van der Waals surface area contributed by atoms with E-state index in [0.29, 0.717) is 44.1 Å². The van der Waals surface area contributed by atoms with Gasteiger partial charge in [-0.3, -0.25) is 4.79 Å². The van der Waals surface area contributed by atoms with E-state index in [1.165, 1.54) is 17.8 Å². The number of halogens is 3. The van der Waals surface area contributed by atoms with Crippen LogP contribution in [-0.4, -0.2) is 40.8 Å². The van der Waals surface area contributed by atoms with Crippen LogP contribution in [0.3, 0.4) is 0 Å². The summed E-state index contributed by atoms with van der Waals surface area (Å²) < 4.78 is 39.9. The number of rotatable bonds is 2. The zero-order valence-corrected chi connectivity index (χ0v) is 17.4. The van der Waals surface area contributed by atoms with Gasteiger partial charge in [0.05, 0.1) is 11.3 Å². The van der Waals surface area contributed by atoms with E-state index in [2.05, 4.69) is 9.97 Å². The summed E-state index contributed by atoms with van der Waals surface area (Å²) in [7, 11) is 0. The Morgan fingerprint density at radius 2 is 1.80 bits per heavy atom. The largest absolute Gasteiger partial charge is 0.416 e. The van der Waals surface area contributed by atoms with E-state index in [-0.39, 0.29) is 17.1 Å². The van der Waals surface area contributed by atoms with Crippen molar-refractivity contribution in [3.63, 3.8) is 0 Å². The number of carbonyl (C=O) groups is 1. The van der Waals surface area contributed by atoms with E-state index >= 15 is 0 Å². The van der Waals surface area contributed by atoms with Crippen LogP contribution in [0.1, 0.15) is 31.7 Å². The average Bonchev–Trinajstić information content (AvgIpc) is 2.91. The van der Waals surface area contributed by atoms with Gasteiger partial charge in [-0.25, -0.2) is 9.97 Å². The van der Waals surface area contributed by atoms with Crippen LogP contribution >= 0.6 is 11.8 Å². The fourth-order valence-electron chi connectivity index (χ4n) is 3.94. The molecule has 0 spiro atoms. The van der Waals surface area contributed by atoms with E-state index in [1.807, 2.05) is 11.8 Å². The first-order chi connectivity index (χ1) is 14.3. The lowest BCUT2D eigenvalue weighted by atomic mass is 9.95. The summed E-state index contributed by atoms with van der Waals surface area (Å²) in [5.41, 5.74) is -0.330. The zero-order valence-electron chi connectivity index (χ0n) is 16.6. The average molecular weight is 437 g/mol. The molecule has 1 saturated heterocycles. The molecule has 1 atom stereocenters. The van der Waals surface area contributed by atoms with E-state index in [4.69, 9.17) is 0 Å². The number of carbonyl (C=O) groups excluding carboxylic acids is 1. The third kappa shape index (κ3) is 4.40. The third-order valence-electron chi connectivity index (χ3n) is 5.61. The second-order valence-electron chi connectivity index (χ2n) is 7.70. The second kappa shape index (κ2) is 8.45. The third-order valence-corrected chi connectivity index (χ3v) is 6.85. The lowest BCUT2D eigenvalue weighted by Crippen LogP contribution is -2.43. The minimum absolute atomic E-state index is 0.0843. The molecule has 30 heavy (non-hydrogen) atoms. The molecule has 1 aromatic heterocycles. The van der Waals surface area contributed by atoms with Gasteiger partial charge in [0.1, 0.15) is 0 Å². The van der Waals surface area contributed by atoms with Gasteiger partial charge in [0, 0.05) is 48.1 Å².